The van der Waals surface area contributed by atoms with Gasteiger partial charge in [0.25, 0.3) is 0 Å². The summed E-state index contributed by atoms with van der Waals surface area (Å²) in [6.45, 7) is 4.52. The van der Waals surface area contributed by atoms with E-state index in [0.29, 0.717) is 5.16 Å². The van der Waals surface area contributed by atoms with Crippen molar-refractivity contribution in [2.45, 2.75) is 30.8 Å². The third-order valence-corrected chi connectivity index (χ3v) is 5.41. The molecule has 8 heteroatoms. The largest absolute Gasteiger partial charge is 0.324 e. The van der Waals surface area contributed by atoms with Gasteiger partial charge in [-0.15, -0.1) is 10.2 Å². The van der Waals surface area contributed by atoms with Gasteiger partial charge in [-0.25, -0.2) is 9.37 Å². The standard InChI is InChI=1S/C20H18FN5OS/c1-3-26-16-11-7-4-8-13(16)17-18(26)23-20(25-24-17)28-12(2)19(27)22-15-10-6-5-9-14(15)21/h4-12H,3H2,1-2H3,(H,22,27)/t12-/m0/s1. The monoisotopic (exact) mass is 395 g/mol. The van der Waals surface area contributed by atoms with Crippen LogP contribution in [0, 0.1) is 5.82 Å². The first kappa shape index (κ1) is 18.4. The fourth-order valence-electron chi connectivity index (χ4n) is 3.07. The number of carbonyl (C=O) groups excluding carboxylic acids is 1. The van der Waals surface area contributed by atoms with E-state index in [1.165, 1.54) is 23.9 Å². The number of amides is 1. The third-order valence-electron chi connectivity index (χ3n) is 4.45. The number of thioether (sulfide) groups is 1. The van der Waals surface area contributed by atoms with Gasteiger partial charge in [-0.3, -0.25) is 4.79 Å². The minimum absolute atomic E-state index is 0.153. The molecule has 2 aromatic carbocycles. The quantitative estimate of drug-likeness (QED) is 0.511. The Morgan fingerprint density at radius 3 is 2.71 bits per heavy atom. The molecule has 6 nitrogen and oxygen atoms in total. The van der Waals surface area contributed by atoms with Crippen LogP contribution in [0.4, 0.5) is 10.1 Å². The van der Waals surface area contributed by atoms with Crippen LogP contribution >= 0.6 is 11.8 Å². The van der Waals surface area contributed by atoms with Crippen LogP contribution in [0.15, 0.2) is 53.7 Å². The van der Waals surface area contributed by atoms with Gasteiger partial charge < -0.3 is 9.88 Å². The topological polar surface area (TPSA) is 72.7 Å². The third kappa shape index (κ3) is 3.31. The van der Waals surface area contributed by atoms with Gasteiger partial charge in [0.05, 0.1) is 16.5 Å². The number of anilines is 1. The van der Waals surface area contributed by atoms with Crippen molar-refractivity contribution in [3.05, 3.63) is 54.3 Å². The minimum Gasteiger partial charge on any atom is -0.324 e. The molecule has 0 spiro atoms. The highest BCUT2D eigenvalue weighted by molar-refractivity contribution is 8.00. The zero-order valence-corrected chi connectivity index (χ0v) is 16.2. The lowest BCUT2D eigenvalue weighted by Gasteiger charge is -2.11. The molecule has 0 aliphatic rings. The number of carbonyl (C=O) groups is 1. The van der Waals surface area contributed by atoms with Gasteiger partial charge in [0.1, 0.15) is 11.3 Å². The first-order valence-corrected chi connectivity index (χ1v) is 9.80. The molecule has 0 aliphatic carbocycles. The maximum Gasteiger partial charge on any atom is 0.237 e. The molecule has 0 unspecified atom stereocenters. The zero-order chi connectivity index (χ0) is 19.7. The maximum atomic E-state index is 13.7. The second kappa shape index (κ2) is 7.55. The van der Waals surface area contributed by atoms with Crippen molar-refractivity contribution < 1.29 is 9.18 Å². The first-order chi connectivity index (χ1) is 13.6. The lowest BCUT2D eigenvalue weighted by Crippen LogP contribution is -2.23. The Morgan fingerprint density at radius 2 is 1.93 bits per heavy atom. The number of aryl methyl sites for hydroxylation is 1. The summed E-state index contributed by atoms with van der Waals surface area (Å²) in [4.78, 5) is 17.0. The van der Waals surface area contributed by atoms with E-state index >= 15 is 0 Å². The number of nitrogens with one attached hydrogen (secondary N) is 1. The average Bonchev–Trinajstić information content (AvgIpc) is 3.02. The molecule has 1 N–H and O–H groups in total. The molecule has 0 bridgehead atoms. The molecule has 1 amide bonds. The summed E-state index contributed by atoms with van der Waals surface area (Å²) in [6, 6.07) is 14.0. The summed E-state index contributed by atoms with van der Waals surface area (Å²) in [5, 5.41) is 12.0. The van der Waals surface area contributed by atoms with Crippen molar-refractivity contribution >= 4 is 45.4 Å². The van der Waals surface area contributed by atoms with Crippen LogP contribution < -0.4 is 5.32 Å². The normalized spacial score (nSPS) is 12.4. The molecular weight excluding hydrogens is 377 g/mol. The number of halogens is 1. The van der Waals surface area contributed by atoms with Gasteiger partial charge in [0.15, 0.2) is 5.65 Å². The first-order valence-electron chi connectivity index (χ1n) is 8.92. The van der Waals surface area contributed by atoms with E-state index in [9.17, 15) is 9.18 Å². The maximum absolute atomic E-state index is 13.7. The lowest BCUT2D eigenvalue weighted by molar-refractivity contribution is -0.115. The van der Waals surface area contributed by atoms with E-state index in [1.54, 1.807) is 19.1 Å². The second-order valence-electron chi connectivity index (χ2n) is 6.26. The summed E-state index contributed by atoms with van der Waals surface area (Å²) < 4.78 is 15.8. The molecule has 1 atom stereocenters. The highest BCUT2D eigenvalue weighted by atomic mass is 32.2. The highest BCUT2D eigenvalue weighted by Gasteiger charge is 2.19. The van der Waals surface area contributed by atoms with Gasteiger partial charge in [0, 0.05) is 11.9 Å². The van der Waals surface area contributed by atoms with Crippen molar-refractivity contribution in [1.29, 1.82) is 0 Å². The zero-order valence-electron chi connectivity index (χ0n) is 15.4. The van der Waals surface area contributed by atoms with E-state index in [2.05, 4.69) is 25.1 Å². The van der Waals surface area contributed by atoms with Crippen LogP contribution in [0.5, 0.6) is 0 Å². The van der Waals surface area contributed by atoms with Crippen molar-refractivity contribution in [2.24, 2.45) is 0 Å². The number of hydrogen-bond donors (Lipinski definition) is 1. The van der Waals surface area contributed by atoms with Crippen molar-refractivity contribution in [1.82, 2.24) is 19.7 Å². The van der Waals surface area contributed by atoms with E-state index in [4.69, 9.17) is 0 Å². The summed E-state index contributed by atoms with van der Waals surface area (Å²) in [5.74, 6) is -0.797. The Morgan fingerprint density at radius 1 is 1.18 bits per heavy atom. The molecule has 2 heterocycles. The van der Waals surface area contributed by atoms with Crippen molar-refractivity contribution in [3.63, 3.8) is 0 Å². The van der Waals surface area contributed by atoms with Crippen molar-refractivity contribution in [2.75, 3.05) is 5.32 Å². The van der Waals surface area contributed by atoms with E-state index in [-0.39, 0.29) is 11.6 Å². The van der Waals surface area contributed by atoms with Crippen LogP contribution in [-0.2, 0) is 11.3 Å². The van der Waals surface area contributed by atoms with Gasteiger partial charge in [0.2, 0.25) is 11.1 Å². The van der Waals surface area contributed by atoms with E-state index < -0.39 is 11.1 Å². The molecular formula is C20H18FN5OS. The molecule has 0 radical (unpaired) electrons. The van der Waals surface area contributed by atoms with E-state index in [1.807, 2.05) is 31.2 Å². The SMILES string of the molecule is CCn1c2ccccc2c2nnc(S[C@@H](C)C(=O)Nc3ccccc3F)nc21. The number of aromatic nitrogens is 4. The number of fused-ring (bicyclic) bond motifs is 3. The van der Waals surface area contributed by atoms with Crippen LogP contribution in [0.1, 0.15) is 13.8 Å². The fraction of sp³-hybridized carbons (Fsp3) is 0.200. The number of rotatable bonds is 5. The second-order valence-corrected chi connectivity index (χ2v) is 7.57. The lowest BCUT2D eigenvalue weighted by atomic mass is 10.2. The predicted octanol–water partition coefficient (Wildman–Crippen LogP) is 4.26. The Bertz CT molecular complexity index is 1180. The summed E-state index contributed by atoms with van der Waals surface area (Å²) >= 11 is 1.19. The van der Waals surface area contributed by atoms with Crippen LogP contribution in [0.2, 0.25) is 0 Å². The number of benzene rings is 2. The Kier molecular flexibility index (Phi) is 4.95. The molecule has 0 fully saturated rings. The number of nitrogens with zero attached hydrogens (tertiary/aromatic N) is 4. The summed E-state index contributed by atoms with van der Waals surface area (Å²) in [7, 11) is 0. The Labute approximate surface area is 165 Å². The van der Waals surface area contributed by atoms with Gasteiger partial charge >= 0.3 is 0 Å². The summed E-state index contributed by atoms with van der Waals surface area (Å²) in [5.41, 5.74) is 2.68. The molecule has 0 saturated carbocycles. The molecule has 142 valence electrons. The van der Waals surface area contributed by atoms with Crippen LogP contribution in [-0.4, -0.2) is 30.9 Å². The number of hydrogen-bond acceptors (Lipinski definition) is 5. The highest BCUT2D eigenvalue weighted by Crippen LogP contribution is 2.28. The van der Waals surface area contributed by atoms with Gasteiger partial charge in [-0.1, -0.05) is 42.1 Å². The molecule has 0 aliphatic heterocycles. The molecule has 2 aromatic heterocycles. The van der Waals surface area contributed by atoms with Gasteiger partial charge in [-0.05, 0) is 32.0 Å². The minimum atomic E-state index is -0.515. The van der Waals surface area contributed by atoms with Crippen LogP contribution in [0.25, 0.3) is 22.1 Å². The smallest absolute Gasteiger partial charge is 0.237 e. The van der Waals surface area contributed by atoms with E-state index in [0.717, 1.165) is 28.6 Å². The van der Waals surface area contributed by atoms with Gasteiger partial charge in [-0.2, -0.15) is 0 Å². The van der Waals surface area contributed by atoms with Crippen molar-refractivity contribution in [3.8, 4) is 0 Å². The molecule has 4 rings (SSSR count). The summed E-state index contributed by atoms with van der Waals surface area (Å²) in [6.07, 6.45) is 0. The van der Waals surface area contributed by atoms with Crippen LogP contribution in [0.3, 0.4) is 0 Å². The molecule has 4 aromatic rings. The Balaban J connectivity index is 1.60. The molecule has 28 heavy (non-hydrogen) atoms. The fourth-order valence-corrected chi connectivity index (χ4v) is 3.78. The Hall–Kier alpha value is -3.00. The molecule has 0 saturated heterocycles. The predicted molar refractivity (Wildman–Crippen MR) is 109 cm³/mol. The average molecular weight is 395 g/mol. The number of para-hydroxylation sites is 2.